The zero-order chi connectivity index (χ0) is 12.8. The molecule has 0 fully saturated rings. The highest BCUT2D eigenvalue weighted by atomic mass is 16.4. The molecule has 1 rings (SSSR count). The van der Waals surface area contributed by atoms with Gasteiger partial charge in [-0.15, -0.1) is 0 Å². The van der Waals surface area contributed by atoms with Crippen molar-refractivity contribution in [1.29, 1.82) is 0 Å². The van der Waals surface area contributed by atoms with E-state index in [1.165, 1.54) is 18.6 Å². The zero-order valence-corrected chi connectivity index (χ0v) is 9.11. The van der Waals surface area contributed by atoms with Crippen LogP contribution >= 0.6 is 0 Å². The minimum absolute atomic E-state index is 0.0127. The zero-order valence-electron chi connectivity index (χ0n) is 9.11. The molecule has 0 aliphatic rings. The fourth-order valence-electron chi connectivity index (χ4n) is 1.35. The Bertz CT molecular complexity index is 396. The molecule has 0 aliphatic heterocycles. The summed E-state index contributed by atoms with van der Waals surface area (Å²) >= 11 is 0. The number of hydrogen-bond acceptors (Lipinski definition) is 6. The van der Waals surface area contributed by atoms with Crippen LogP contribution in [-0.2, 0) is 4.79 Å². The third-order valence-electron chi connectivity index (χ3n) is 2.33. The second kappa shape index (κ2) is 6.02. The average molecular weight is 238 g/mol. The van der Waals surface area contributed by atoms with Crippen LogP contribution < -0.4 is 11.5 Å². The lowest BCUT2D eigenvalue weighted by Gasteiger charge is -2.15. The van der Waals surface area contributed by atoms with Gasteiger partial charge in [-0.2, -0.15) is 0 Å². The Morgan fingerprint density at radius 3 is 2.59 bits per heavy atom. The monoisotopic (exact) mass is 238 g/mol. The Balaban J connectivity index is 2.75. The van der Waals surface area contributed by atoms with E-state index in [2.05, 4.69) is 9.97 Å². The second-order valence-electron chi connectivity index (χ2n) is 3.57. The first-order valence-electron chi connectivity index (χ1n) is 5.05. The summed E-state index contributed by atoms with van der Waals surface area (Å²) in [5.41, 5.74) is 11.0. The number of aromatic nitrogens is 2. The first-order chi connectivity index (χ1) is 8.06. The van der Waals surface area contributed by atoms with E-state index in [4.69, 9.17) is 16.6 Å². The molecule has 2 atom stereocenters. The van der Waals surface area contributed by atoms with E-state index in [1.54, 1.807) is 0 Å². The van der Waals surface area contributed by atoms with Crippen molar-refractivity contribution in [3.8, 4) is 0 Å². The van der Waals surface area contributed by atoms with Gasteiger partial charge >= 0.3 is 5.97 Å². The molecule has 0 saturated heterocycles. The Morgan fingerprint density at radius 2 is 2.12 bits per heavy atom. The molecule has 0 aliphatic carbocycles. The standard InChI is InChI=1S/C10H14N4O3/c11-4-6(3-7(12)10(16)17)9(15)8-5-13-1-2-14-8/h1-2,5-7H,3-4,11-12H2,(H,16,17)/t6?,7-/m1/s1. The summed E-state index contributed by atoms with van der Waals surface area (Å²) in [5.74, 6) is -2.15. The Labute approximate surface area is 97.9 Å². The Morgan fingerprint density at radius 1 is 1.41 bits per heavy atom. The number of ketones is 1. The molecular weight excluding hydrogens is 224 g/mol. The van der Waals surface area contributed by atoms with Crippen LogP contribution in [0.3, 0.4) is 0 Å². The molecule has 17 heavy (non-hydrogen) atoms. The van der Waals surface area contributed by atoms with E-state index in [0.29, 0.717) is 0 Å². The maximum atomic E-state index is 11.9. The van der Waals surface area contributed by atoms with Gasteiger partial charge in [0.1, 0.15) is 11.7 Å². The van der Waals surface area contributed by atoms with Crippen molar-refractivity contribution in [1.82, 2.24) is 9.97 Å². The normalized spacial score (nSPS) is 14.0. The molecule has 1 aromatic heterocycles. The largest absolute Gasteiger partial charge is 0.480 e. The number of carbonyl (C=O) groups is 2. The molecule has 1 aromatic rings. The van der Waals surface area contributed by atoms with Gasteiger partial charge in [0.15, 0.2) is 5.78 Å². The Hall–Kier alpha value is -1.86. The highest BCUT2D eigenvalue weighted by Crippen LogP contribution is 2.10. The second-order valence-corrected chi connectivity index (χ2v) is 3.57. The van der Waals surface area contributed by atoms with Gasteiger partial charge < -0.3 is 16.6 Å². The number of carboxylic acid groups (broad SMARTS) is 1. The van der Waals surface area contributed by atoms with E-state index >= 15 is 0 Å². The van der Waals surface area contributed by atoms with Crippen molar-refractivity contribution < 1.29 is 14.7 Å². The molecule has 92 valence electrons. The Kier molecular flexibility index (Phi) is 4.68. The van der Waals surface area contributed by atoms with Crippen molar-refractivity contribution in [3.05, 3.63) is 24.3 Å². The molecule has 0 amide bonds. The number of rotatable bonds is 6. The summed E-state index contributed by atoms with van der Waals surface area (Å²) in [7, 11) is 0. The van der Waals surface area contributed by atoms with Crippen LogP contribution in [0.5, 0.6) is 0 Å². The molecule has 1 heterocycles. The smallest absolute Gasteiger partial charge is 0.320 e. The maximum Gasteiger partial charge on any atom is 0.320 e. The molecule has 0 bridgehead atoms. The summed E-state index contributed by atoms with van der Waals surface area (Å²) < 4.78 is 0. The fourth-order valence-corrected chi connectivity index (χ4v) is 1.35. The van der Waals surface area contributed by atoms with Crippen LogP contribution in [-0.4, -0.2) is 39.4 Å². The van der Waals surface area contributed by atoms with E-state index in [-0.39, 0.29) is 24.4 Å². The van der Waals surface area contributed by atoms with E-state index in [9.17, 15) is 9.59 Å². The highest BCUT2D eigenvalue weighted by molar-refractivity contribution is 5.96. The molecule has 7 nitrogen and oxygen atoms in total. The lowest BCUT2D eigenvalue weighted by molar-refractivity contribution is -0.138. The quantitative estimate of drug-likeness (QED) is 0.543. The van der Waals surface area contributed by atoms with Crippen molar-refractivity contribution in [2.45, 2.75) is 12.5 Å². The van der Waals surface area contributed by atoms with Gasteiger partial charge in [0.05, 0.1) is 6.20 Å². The van der Waals surface area contributed by atoms with Crippen LogP contribution in [0.1, 0.15) is 16.9 Å². The SMILES string of the molecule is NCC(C[C@@H](N)C(=O)O)C(=O)c1cnccn1. The number of carbonyl (C=O) groups excluding carboxylic acids is 1. The summed E-state index contributed by atoms with van der Waals surface area (Å²) in [6.07, 6.45) is 4.13. The molecular formula is C10H14N4O3. The van der Waals surface area contributed by atoms with Gasteiger partial charge in [0.25, 0.3) is 0 Å². The third-order valence-corrected chi connectivity index (χ3v) is 2.33. The topological polar surface area (TPSA) is 132 Å². The van der Waals surface area contributed by atoms with Gasteiger partial charge in [0, 0.05) is 24.9 Å². The van der Waals surface area contributed by atoms with Crippen molar-refractivity contribution in [2.75, 3.05) is 6.54 Å². The molecule has 5 N–H and O–H groups in total. The fraction of sp³-hybridized carbons (Fsp3) is 0.400. The first kappa shape index (κ1) is 13.2. The van der Waals surface area contributed by atoms with Crippen LogP contribution in [0, 0.1) is 5.92 Å². The summed E-state index contributed by atoms with van der Waals surface area (Å²) in [6, 6.07) is -1.11. The number of nitrogens with two attached hydrogens (primary N) is 2. The first-order valence-corrected chi connectivity index (χ1v) is 5.05. The van der Waals surface area contributed by atoms with Crippen molar-refractivity contribution >= 4 is 11.8 Å². The number of aliphatic carboxylic acids is 1. The van der Waals surface area contributed by atoms with Crippen molar-refractivity contribution in [3.63, 3.8) is 0 Å². The lowest BCUT2D eigenvalue weighted by atomic mass is 9.94. The van der Waals surface area contributed by atoms with Gasteiger partial charge in [-0.1, -0.05) is 0 Å². The highest BCUT2D eigenvalue weighted by Gasteiger charge is 2.25. The van der Waals surface area contributed by atoms with Gasteiger partial charge in [0.2, 0.25) is 0 Å². The van der Waals surface area contributed by atoms with Crippen LogP contribution in [0.15, 0.2) is 18.6 Å². The molecule has 1 unspecified atom stereocenters. The number of Topliss-reactive ketones (excluding diaryl/α,β-unsaturated/α-hetero) is 1. The summed E-state index contributed by atoms with van der Waals surface area (Å²) in [6.45, 7) is 0.0242. The van der Waals surface area contributed by atoms with Crippen LogP contribution in [0.2, 0.25) is 0 Å². The summed E-state index contributed by atoms with van der Waals surface area (Å²) in [4.78, 5) is 30.1. The molecule has 0 radical (unpaired) electrons. The lowest BCUT2D eigenvalue weighted by Crippen LogP contribution is -2.37. The maximum absolute atomic E-state index is 11.9. The van der Waals surface area contributed by atoms with Gasteiger partial charge in [-0.05, 0) is 6.42 Å². The predicted molar refractivity (Wildman–Crippen MR) is 59.1 cm³/mol. The minimum Gasteiger partial charge on any atom is -0.480 e. The van der Waals surface area contributed by atoms with E-state index in [0.717, 1.165) is 0 Å². The molecule has 0 spiro atoms. The van der Waals surface area contributed by atoms with Crippen LogP contribution in [0.4, 0.5) is 0 Å². The van der Waals surface area contributed by atoms with Crippen molar-refractivity contribution in [2.24, 2.45) is 17.4 Å². The number of carboxylic acids is 1. The summed E-state index contributed by atoms with van der Waals surface area (Å²) in [5, 5.41) is 8.67. The van der Waals surface area contributed by atoms with Gasteiger partial charge in [-0.3, -0.25) is 14.6 Å². The number of nitrogens with zero attached hydrogens (tertiary/aromatic N) is 2. The van der Waals surface area contributed by atoms with E-state index < -0.39 is 17.9 Å². The minimum atomic E-state index is -1.16. The van der Waals surface area contributed by atoms with E-state index in [1.807, 2.05) is 0 Å². The average Bonchev–Trinajstić information content (AvgIpc) is 2.35. The predicted octanol–water partition coefficient (Wildman–Crippen LogP) is -0.964. The molecule has 7 heteroatoms. The number of hydrogen-bond donors (Lipinski definition) is 3. The molecule has 0 aromatic carbocycles. The van der Waals surface area contributed by atoms with Gasteiger partial charge in [-0.25, -0.2) is 4.98 Å². The molecule has 0 saturated carbocycles. The van der Waals surface area contributed by atoms with Crippen LogP contribution in [0.25, 0.3) is 0 Å². The third kappa shape index (κ3) is 3.58.